The minimum atomic E-state index is -0.422. The van der Waals surface area contributed by atoms with Crippen LogP contribution in [-0.4, -0.2) is 21.8 Å². The number of hydrogen-bond donors (Lipinski definition) is 2. The summed E-state index contributed by atoms with van der Waals surface area (Å²) in [5.41, 5.74) is 5.47. The molecule has 3 aromatic rings. The SMILES string of the molecule is C/C(=N/NC(=O)c1cc(-c2ccc(Cl)cc2)n[nH]1)c1ccc(F)cc1. The largest absolute Gasteiger partial charge is 0.289 e. The first-order valence-electron chi connectivity index (χ1n) is 7.45. The van der Waals surface area contributed by atoms with Gasteiger partial charge in [0, 0.05) is 10.6 Å². The number of rotatable bonds is 4. The number of carbonyl (C=O) groups excluding carboxylic acids is 1. The second-order valence-electron chi connectivity index (χ2n) is 5.32. The Hall–Kier alpha value is -2.99. The lowest BCUT2D eigenvalue weighted by Crippen LogP contribution is -2.19. The van der Waals surface area contributed by atoms with E-state index in [0.29, 0.717) is 22.0 Å². The number of benzene rings is 2. The maximum atomic E-state index is 12.9. The van der Waals surface area contributed by atoms with Crippen LogP contribution in [0.3, 0.4) is 0 Å². The first-order valence-corrected chi connectivity index (χ1v) is 7.82. The minimum absolute atomic E-state index is 0.278. The Morgan fingerprint density at radius 3 is 2.52 bits per heavy atom. The lowest BCUT2D eigenvalue weighted by atomic mass is 10.1. The number of halogens is 2. The number of nitrogens with zero attached hydrogens (tertiary/aromatic N) is 2. The number of amides is 1. The van der Waals surface area contributed by atoms with Crippen molar-refractivity contribution >= 4 is 23.2 Å². The molecule has 0 aliphatic carbocycles. The Morgan fingerprint density at radius 2 is 1.84 bits per heavy atom. The van der Waals surface area contributed by atoms with E-state index in [1.54, 1.807) is 37.3 Å². The van der Waals surface area contributed by atoms with Crippen LogP contribution in [0.2, 0.25) is 5.02 Å². The zero-order valence-corrected chi connectivity index (χ0v) is 14.0. The summed E-state index contributed by atoms with van der Waals surface area (Å²) in [7, 11) is 0. The molecule has 25 heavy (non-hydrogen) atoms. The fourth-order valence-electron chi connectivity index (χ4n) is 2.16. The van der Waals surface area contributed by atoms with Crippen LogP contribution >= 0.6 is 11.6 Å². The van der Waals surface area contributed by atoms with Gasteiger partial charge in [-0.2, -0.15) is 10.2 Å². The average molecular weight is 357 g/mol. The molecule has 126 valence electrons. The molecule has 1 aromatic heterocycles. The molecular formula is C18H14ClFN4O. The molecule has 0 fully saturated rings. The second kappa shape index (κ2) is 7.27. The summed E-state index contributed by atoms with van der Waals surface area (Å²) < 4.78 is 12.9. The van der Waals surface area contributed by atoms with Crippen molar-refractivity contribution in [1.29, 1.82) is 0 Å². The quantitative estimate of drug-likeness (QED) is 0.547. The highest BCUT2D eigenvalue weighted by Gasteiger charge is 2.11. The van der Waals surface area contributed by atoms with E-state index >= 15 is 0 Å². The standard InChI is InChI=1S/C18H14ClFN4O/c1-11(12-4-8-15(20)9-5-12)21-24-18(25)17-10-16(22-23-17)13-2-6-14(19)7-3-13/h2-10H,1H3,(H,22,23)(H,24,25)/b21-11-. The lowest BCUT2D eigenvalue weighted by molar-refractivity contribution is 0.0950. The summed E-state index contributed by atoms with van der Waals surface area (Å²) in [4.78, 5) is 12.2. The van der Waals surface area contributed by atoms with Crippen LogP contribution in [-0.2, 0) is 0 Å². The van der Waals surface area contributed by atoms with Gasteiger partial charge in [0.25, 0.3) is 5.91 Å². The Morgan fingerprint density at radius 1 is 1.16 bits per heavy atom. The fraction of sp³-hybridized carbons (Fsp3) is 0.0556. The third-order valence-electron chi connectivity index (χ3n) is 3.55. The third kappa shape index (κ3) is 4.10. The van der Waals surface area contributed by atoms with Gasteiger partial charge in [0.05, 0.1) is 11.4 Å². The molecule has 0 aliphatic rings. The predicted molar refractivity (Wildman–Crippen MR) is 95.1 cm³/mol. The summed E-state index contributed by atoms with van der Waals surface area (Å²) in [6, 6.07) is 14.6. The molecule has 2 aromatic carbocycles. The van der Waals surface area contributed by atoms with Gasteiger partial charge in [0.1, 0.15) is 11.5 Å². The maximum absolute atomic E-state index is 12.9. The van der Waals surface area contributed by atoms with Gasteiger partial charge >= 0.3 is 0 Å². The highest BCUT2D eigenvalue weighted by Crippen LogP contribution is 2.20. The Bertz CT molecular complexity index is 917. The summed E-state index contributed by atoms with van der Waals surface area (Å²) in [6.07, 6.45) is 0. The molecule has 0 saturated heterocycles. The van der Waals surface area contributed by atoms with E-state index in [0.717, 1.165) is 5.56 Å². The van der Waals surface area contributed by atoms with Gasteiger partial charge in [-0.3, -0.25) is 9.89 Å². The first kappa shape index (κ1) is 16.9. The van der Waals surface area contributed by atoms with Crippen molar-refractivity contribution in [1.82, 2.24) is 15.6 Å². The van der Waals surface area contributed by atoms with Crippen molar-refractivity contribution in [3.8, 4) is 11.3 Å². The van der Waals surface area contributed by atoms with E-state index in [-0.39, 0.29) is 11.5 Å². The summed E-state index contributed by atoms with van der Waals surface area (Å²) in [6.45, 7) is 1.72. The van der Waals surface area contributed by atoms with Crippen LogP contribution in [0, 0.1) is 5.82 Å². The van der Waals surface area contributed by atoms with Crippen molar-refractivity contribution < 1.29 is 9.18 Å². The van der Waals surface area contributed by atoms with Crippen LogP contribution in [0.25, 0.3) is 11.3 Å². The van der Waals surface area contributed by atoms with E-state index in [1.165, 1.54) is 12.1 Å². The predicted octanol–water partition coefficient (Wildman–Crippen LogP) is 4.02. The maximum Gasteiger partial charge on any atom is 0.289 e. The van der Waals surface area contributed by atoms with Gasteiger partial charge in [0.15, 0.2) is 0 Å². The minimum Gasteiger partial charge on any atom is -0.272 e. The molecular weight excluding hydrogens is 343 g/mol. The van der Waals surface area contributed by atoms with E-state index in [4.69, 9.17) is 11.6 Å². The lowest BCUT2D eigenvalue weighted by Gasteiger charge is -2.01. The van der Waals surface area contributed by atoms with Gasteiger partial charge < -0.3 is 0 Å². The van der Waals surface area contributed by atoms with Gasteiger partial charge in [-0.15, -0.1) is 0 Å². The summed E-state index contributed by atoms with van der Waals surface area (Å²) >= 11 is 5.86. The molecule has 0 aliphatic heterocycles. The Balaban J connectivity index is 1.70. The molecule has 3 rings (SSSR count). The first-order chi connectivity index (χ1) is 12.0. The number of hydrazone groups is 1. The number of aromatic nitrogens is 2. The third-order valence-corrected chi connectivity index (χ3v) is 3.80. The molecule has 0 unspecified atom stereocenters. The Labute approximate surface area is 148 Å². The summed E-state index contributed by atoms with van der Waals surface area (Å²) in [5, 5.41) is 11.4. The van der Waals surface area contributed by atoms with Crippen molar-refractivity contribution in [2.75, 3.05) is 0 Å². The number of aromatic amines is 1. The van der Waals surface area contributed by atoms with Crippen molar-refractivity contribution in [2.24, 2.45) is 5.10 Å². The van der Waals surface area contributed by atoms with Crippen molar-refractivity contribution in [3.05, 3.63) is 76.7 Å². The van der Waals surface area contributed by atoms with Gasteiger partial charge in [-0.05, 0) is 42.8 Å². The zero-order valence-electron chi connectivity index (χ0n) is 13.3. The van der Waals surface area contributed by atoms with Crippen molar-refractivity contribution in [3.63, 3.8) is 0 Å². The monoisotopic (exact) mass is 356 g/mol. The molecule has 0 atom stereocenters. The van der Waals surface area contributed by atoms with Crippen LogP contribution in [0.4, 0.5) is 4.39 Å². The smallest absolute Gasteiger partial charge is 0.272 e. The normalized spacial score (nSPS) is 11.4. The molecule has 1 heterocycles. The Kier molecular flexibility index (Phi) is 4.90. The number of nitrogens with one attached hydrogen (secondary N) is 2. The topological polar surface area (TPSA) is 70.1 Å². The number of hydrogen-bond acceptors (Lipinski definition) is 3. The van der Waals surface area contributed by atoms with E-state index in [9.17, 15) is 9.18 Å². The van der Waals surface area contributed by atoms with Crippen LogP contribution in [0.5, 0.6) is 0 Å². The highest BCUT2D eigenvalue weighted by molar-refractivity contribution is 6.30. The van der Waals surface area contributed by atoms with E-state index in [1.807, 2.05) is 12.1 Å². The molecule has 1 amide bonds. The van der Waals surface area contributed by atoms with Gasteiger partial charge in [-0.1, -0.05) is 35.9 Å². The van der Waals surface area contributed by atoms with E-state index < -0.39 is 5.91 Å². The highest BCUT2D eigenvalue weighted by atomic mass is 35.5. The molecule has 2 N–H and O–H groups in total. The van der Waals surface area contributed by atoms with Crippen LogP contribution < -0.4 is 5.43 Å². The molecule has 7 heteroatoms. The fourth-order valence-corrected chi connectivity index (χ4v) is 2.28. The zero-order chi connectivity index (χ0) is 17.8. The van der Waals surface area contributed by atoms with Gasteiger partial charge in [-0.25, -0.2) is 9.82 Å². The average Bonchev–Trinajstić information content (AvgIpc) is 3.11. The van der Waals surface area contributed by atoms with Crippen LogP contribution in [0.1, 0.15) is 23.0 Å². The number of carbonyl (C=O) groups is 1. The molecule has 0 bridgehead atoms. The van der Waals surface area contributed by atoms with Gasteiger partial charge in [0.2, 0.25) is 0 Å². The molecule has 0 radical (unpaired) electrons. The molecule has 0 spiro atoms. The van der Waals surface area contributed by atoms with Crippen LogP contribution in [0.15, 0.2) is 59.7 Å². The second-order valence-corrected chi connectivity index (χ2v) is 5.76. The number of H-pyrrole nitrogens is 1. The van der Waals surface area contributed by atoms with Crippen molar-refractivity contribution in [2.45, 2.75) is 6.92 Å². The molecule has 0 saturated carbocycles. The summed E-state index contributed by atoms with van der Waals surface area (Å²) in [5.74, 6) is -0.748. The molecule has 5 nitrogen and oxygen atoms in total. The van der Waals surface area contributed by atoms with E-state index in [2.05, 4.69) is 20.7 Å².